The van der Waals surface area contributed by atoms with Gasteiger partial charge in [-0.1, -0.05) is 18.3 Å². The zero-order valence-electron chi connectivity index (χ0n) is 12.6. The Hall–Kier alpha value is -2.35. The number of aryl methyl sites for hydroxylation is 1. The highest BCUT2D eigenvalue weighted by atomic mass is 32.1. The van der Waals surface area contributed by atoms with Gasteiger partial charge in [-0.3, -0.25) is 14.7 Å². The lowest BCUT2D eigenvalue weighted by molar-refractivity contribution is 0.102. The lowest BCUT2D eigenvalue weighted by Crippen LogP contribution is -2.16. The number of fused-ring (bicyclic) bond motifs is 1. The highest BCUT2D eigenvalue weighted by molar-refractivity contribution is 7.08. The van der Waals surface area contributed by atoms with Crippen LogP contribution in [-0.2, 0) is 6.54 Å². The minimum atomic E-state index is -0.233. The lowest BCUT2D eigenvalue weighted by atomic mass is 10.1. The van der Waals surface area contributed by atoms with Crippen LogP contribution in [0.1, 0.15) is 42.1 Å². The van der Waals surface area contributed by atoms with Crippen LogP contribution in [0.4, 0.5) is 5.95 Å². The molecular weight excluding hydrogens is 300 g/mol. The van der Waals surface area contributed by atoms with Gasteiger partial charge in [0.15, 0.2) is 5.65 Å². The molecule has 0 bridgehead atoms. The molecule has 0 aliphatic rings. The third-order valence-electron chi connectivity index (χ3n) is 3.31. The summed E-state index contributed by atoms with van der Waals surface area (Å²) in [6.07, 6.45) is 1.71. The van der Waals surface area contributed by atoms with Crippen molar-refractivity contribution in [2.24, 2.45) is 0 Å². The predicted molar refractivity (Wildman–Crippen MR) is 85.2 cm³/mol. The lowest BCUT2D eigenvalue weighted by Gasteiger charge is -2.07. The first-order chi connectivity index (χ1) is 10.6. The molecule has 0 fully saturated rings. The second-order valence-electron chi connectivity index (χ2n) is 5.12. The second kappa shape index (κ2) is 5.80. The zero-order chi connectivity index (χ0) is 15.7. The fourth-order valence-corrected chi connectivity index (χ4v) is 2.96. The summed E-state index contributed by atoms with van der Waals surface area (Å²) in [6.45, 7) is 6.62. The van der Waals surface area contributed by atoms with E-state index < -0.39 is 0 Å². The molecule has 1 N–H and O–H groups in total. The van der Waals surface area contributed by atoms with Crippen LogP contribution >= 0.6 is 11.5 Å². The number of rotatable bonds is 4. The van der Waals surface area contributed by atoms with Crippen LogP contribution < -0.4 is 5.32 Å². The Bertz CT molecular complexity index is 822. The summed E-state index contributed by atoms with van der Waals surface area (Å²) >= 11 is 1.10. The third kappa shape index (κ3) is 2.45. The Morgan fingerprint density at radius 3 is 3.00 bits per heavy atom. The SMILES string of the molecule is CCn1c(NC(=O)c2snnc2C(C)C)nc2cccnc21. The van der Waals surface area contributed by atoms with E-state index >= 15 is 0 Å². The Balaban J connectivity index is 1.96. The van der Waals surface area contributed by atoms with Crippen molar-refractivity contribution in [2.45, 2.75) is 33.2 Å². The first-order valence-corrected chi connectivity index (χ1v) is 7.84. The minimum Gasteiger partial charge on any atom is -0.295 e. The van der Waals surface area contributed by atoms with Gasteiger partial charge in [0.1, 0.15) is 10.4 Å². The number of hydrogen-bond acceptors (Lipinski definition) is 6. The number of carbonyl (C=O) groups excluding carboxylic acids is 1. The average molecular weight is 316 g/mol. The van der Waals surface area contributed by atoms with Gasteiger partial charge in [-0.2, -0.15) is 0 Å². The maximum absolute atomic E-state index is 12.5. The molecular formula is C14H16N6OS. The van der Waals surface area contributed by atoms with E-state index in [0.717, 1.165) is 22.7 Å². The summed E-state index contributed by atoms with van der Waals surface area (Å²) in [5.74, 6) is 0.402. The third-order valence-corrected chi connectivity index (χ3v) is 4.05. The Morgan fingerprint density at radius 1 is 1.45 bits per heavy atom. The number of aromatic nitrogens is 5. The summed E-state index contributed by atoms with van der Waals surface area (Å²) in [7, 11) is 0. The largest absolute Gasteiger partial charge is 0.295 e. The molecule has 7 nitrogen and oxygen atoms in total. The van der Waals surface area contributed by atoms with Crippen molar-refractivity contribution < 1.29 is 4.79 Å². The van der Waals surface area contributed by atoms with Crippen molar-refractivity contribution in [3.63, 3.8) is 0 Å². The molecule has 8 heteroatoms. The standard InChI is InChI=1S/C14H16N6OS/c1-4-20-12-9(6-5-7-15-12)16-14(20)17-13(21)11-10(8(2)3)18-19-22-11/h5-8H,4H2,1-3H3,(H,16,17,21). The van der Waals surface area contributed by atoms with Crippen molar-refractivity contribution >= 4 is 34.6 Å². The quantitative estimate of drug-likeness (QED) is 0.800. The molecule has 0 aliphatic heterocycles. The van der Waals surface area contributed by atoms with Crippen LogP contribution in [-0.4, -0.2) is 30.0 Å². The number of anilines is 1. The normalized spacial score (nSPS) is 11.3. The first-order valence-electron chi connectivity index (χ1n) is 7.06. The van der Waals surface area contributed by atoms with Crippen LogP contribution in [0.15, 0.2) is 18.3 Å². The van der Waals surface area contributed by atoms with E-state index in [0.29, 0.717) is 23.1 Å². The van der Waals surface area contributed by atoms with Crippen molar-refractivity contribution in [2.75, 3.05) is 5.32 Å². The van der Waals surface area contributed by atoms with Gasteiger partial charge in [-0.15, -0.1) is 5.10 Å². The molecule has 0 spiro atoms. The van der Waals surface area contributed by atoms with Gasteiger partial charge in [0.05, 0.1) is 5.69 Å². The summed E-state index contributed by atoms with van der Waals surface area (Å²) in [5, 5.41) is 6.88. The van der Waals surface area contributed by atoms with Gasteiger partial charge in [-0.05, 0) is 36.5 Å². The molecule has 3 heterocycles. The van der Waals surface area contributed by atoms with Gasteiger partial charge in [0.25, 0.3) is 5.91 Å². The topological polar surface area (TPSA) is 85.6 Å². The van der Waals surface area contributed by atoms with Crippen molar-refractivity contribution in [1.82, 2.24) is 24.1 Å². The Morgan fingerprint density at radius 2 is 2.27 bits per heavy atom. The highest BCUT2D eigenvalue weighted by Gasteiger charge is 2.21. The predicted octanol–water partition coefficient (Wildman–Crippen LogP) is 2.68. The van der Waals surface area contributed by atoms with E-state index in [4.69, 9.17) is 0 Å². The van der Waals surface area contributed by atoms with Crippen LogP contribution in [0.5, 0.6) is 0 Å². The summed E-state index contributed by atoms with van der Waals surface area (Å²) in [5.41, 5.74) is 2.22. The molecule has 114 valence electrons. The zero-order valence-corrected chi connectivity index (χ0v) is 13.4. The smallest absolute Gasteiger partial charge is 0.271 e. The maximum Gasteiger partial charge on any atom is 0.271 e. The van der Waals surface area contributed by atoms with Crippen LogP contribution in [0.2, 0.25) is 0 Å². The molecule has 22 heavy (non-hydrogen) atoms. The molecule has 0 saturated heterocycles. The van der Waals surface area contributed by atoms with Gasteiger partial charge >= 0.3 is 0 Å². The van der Waals surface area contributed by atoms with Crippen LogP contribution in [0.3, 0.4) is 0 Å². The number of hydrogen-bond donors (Lipinski definition) is 1. The molecule has 0 unspecified atom stereocenters. The summed E-state index contributed by atoms with van der Waals surface area (Å²) in [4.78, 5) is 21.8. The first kappa shape index (κ1) is 14.6. The molecule has 0 saturated carbocycles. The molecule has 0 aliphatic carbocycles. The molecule has 3 rings (SSSR count). The molecule has 3 aromatic rings. The molecule has 3 aromatic heterocycles. The Labute approximate surface area is 131 Å². The molecule has 0 atom stereocenters. The minimum absolute atomic E-state index is 0.145. The fraction of sp³-hybridized carbons (Fsp3) is 0.357. The number of pyridine rings is 1. The van der Waals surface area contributed by atoms with Gasteiger partial charge in [-0.25, -0.2) is 9.97 Å². The van der Waals surface area contributed by atoms with E-state index in [9.17, 15) is 4.79 Å². The summed E-state index contributed by atoms with van der Waals surface area (Å²) in [6, 6.07) is 3.70. The van der Waals surface area contributed by atoms with Crippen LogP contribution in [0, 0.1) is 0 Å². The van der Waals surface area contributed by atoms with Crippen molar-refractivity contribution in [1.29, 1.82) is 0 Å². The van der Waals surface area contributed by atoms with Crippen molar-refractivity contribution in [3.8, 4) is 0 Å². The maximum atomic E-state index is 12.5. The Kier molecular flexibility index (Phi) is 3.84. The number of nitrogens with zero attached hydrogens (tertiary/aromatic N) is 5. The monoisotopic (exact) mass is 316 g/mol. The number of nitrogens with one attached hydrogen (secondary N) is 1. The van der Waals surface area contributed by atoms with Gasteiger partial charge in [0.2, 0.25) is 5.95 Å². The second-order valence-corrected chi connectivity index (χ2v) is 5.88. The van der Waals surface area contributed by atoms with Gasteiger partial charge in [0, 0.05) is 12.7 Å². The van der Waals surface area contributed by atoms with E-state index in [1.54, 1.807) is 6.20 Å². The number of carbonyl (C=O) groups is 1. The van der Waals surface area contributed by atoms with Gasteiger partial charge < -0.3 is 0 Å². The van der Waals surface area contributed by atoms with E-state index in [1.165, 1.54) is 0 Å². The number of imidazole rings is 1. The van der Waals surface area contributed by atoms with E-state index in [1.807, 2.05) is 37.5 Å². The summed E-state index contributed by atoms with van der Waals surface area (Å²) < 4.78 is 5.75. The highest BCUT2D eigenvalue weighted by Crippen LogP contribution is 2.22. The van der Waals surface area contributed by atoms with Crippen LogP contribution in [0.25, 0.3) is 11.2 Å². The fourth-order valence-electron chi connectivity index (χ4n) is 2.24. The number of amides is 1. The van der Waals surface area contributed by atoms with E-state index in [-0.39, 0.29) is 11.8 Å². The van der Waals surface area contributed by atoms with Crippen molar-refractivity contribution in [3.05, 3.63) is 28.9 Å². The van der Waals surface area contributed by atoms with E-state index in [2.05, 4.69) is 24.9 Å². The molecule has 0 radical (unpaired) electrons. The average Bonchev–Trinajstić information content (AvgIpc) is 3.11. The molecule has 0 aromatic carbocycles. The molecule has 1 amide bonds.